The Kier molecular flexibility index (Phi) is 6.34. The quantitative estimate of drug-likeness (QED) is 0.720. The Morgan fingerprint density at radius 1 is 1.00 bits per heavy atom. The van der Waals surface area contributed by atoms with Crippen LogP contribution in [-0.2, 0) is 0 Å². The molecule has 0 radical (unpaired) electrons. The lowest BCUT2D eigenvalue weighted by molar-refractivity contribution is 0.145. The highest BCUT2D eigenvalue weighted by Gasteiger charge is 2.14. The first-order valence-electron chi connectivity index (χ1n) is 7.90. The molecular formula is C17H28N2O3. The summed E-state index contributed by atoms with van der Waals surface area (Å²) in [7, 11) is 5.47. The van der Waals surface area contributed by atoms with Crippen LogP contribution in [0.1, 0.15) is 12.0 Å². The van der Waals surface area contributed by atoms with Crippen LogP contribution in [0.15, 0.2) is 12.1 Å². The first-order chi connectivity index (χ1) is 10.6. The summed E-state index contributed by atoms with van der Waals surface area (Å²) in [6, 6.07) is 3.95. The average Bonchev–Trinajstić information content (AvgIpc) is 2.52. The minimum Gasteiger partial charge on any atom is -0.493 e. The number of rotatable bonds is 7. The van der Waals surface area contributed by atoms with Gasteiger partial charge in [-0.15, -0.1) is 0 Å². The van der Waals surface area contributed by atoms with Crippen molar-refractivity contribution in [1.29, 1.82) is 0 Å². The van der Waals surface area contributed by atoms with Crippen molar-refractivity contribution in [3.05, 3.63) is 17.7 Å². The molecule has 0 N–H and O–H groups in total. The lowest BCUT2D eigenvalue weighted by Crippen LogP contribution is -2.44. The minimum absolute atomic E-state index is 0.674. The van der Waals surface area contributed by atoms with Crippen molar-refractivity contribution >= 4 is 0 Å². The van der Waals surface area contributed by atoms with E-state index < -0.39 is 0 Å². The lowest BCUT2D eigenvalue weighted by atomic mass is 10.2. The van der Waals surface area contributed by atoms with Crippen molar-refractivity contribution in [1.82, 2.24) is 9.80 Å². The zero-order chi connectivity index (χ0) is 15.9. The highest BCUT2D eigenvalue weighted by Crippen LogP contribution is 2.38. The SMILES string of the molecule is COc1cc(C)cc(OCCCN2CCN(C)CC2)c1OC. The van der Waals surface area contributed by atoms with Crippen LogP contribution in [0, 0.1) is 6.92 Å². The number of methoxy groups -OCH3 is 2. The fourth-order valence-corrected chi connectivity index (χ4v) is 2.71. The molecule has 1 aliphatic heterocycles. The summed E-state index contributed by atoms with van der Waals surface area (Å²) in [5, 5.41) is 0. The third-order valence-corrected chi connectivity index (χ3v) is 4.06. The molecule has 22 heavy (non-hydrogen) atoms. The average molecular weight is 308 g/mol. The molecule has 0 atom stereocenters. The highest BCUT2D eigenvalue weighted by molar-refractivity contribution is 5.53. The summed E-state index contributed by atoms with van der Waals surface area (Å²) < 4.78 is 16.7. The van der Waals surface area contributed by atoms with Crippen molar-refractivity contribution in [2.45, 2.75) is 13.3 Å². The van der Waals surface area contributed by atoms with Gasteiger partial charge in [0.05, 0.1) is 20.8 Å². The van der Waals surface area contributed by atoms with E-state index in [0.29, 0.717) is 12.4 Å². The molecule has 1 aromatic carbocycles. The monoisotopic (exact) mass is 308 g/mol. The van der Waals surface area contributed by atoms with Crippen LogP contribution < -0.4 is 14.2 Å². The molecule has 1 aliphatic rings. The largest absolute Gasteiger partial charge is 0.493 e. The van der Waals surface area contributed by atoms with E-state index in [1.165, 1.54) is 0 Å². The molecule has 0 bridgehead atoms. The molecule has 5 heteroatoms. The first kappa shape index (κ1) is 16.9. The van der Waals surface area contributed by atoms with Crippen molar-refractivity contribution in [3.8, 4) is 17.2 Å². The van der Waals surface area contributed by atoms with Crippen LogP contribution >= 0.6 is 0 Å². The van der Waals surface area contributed by atoms with E-state index in [9.17, 15) is 0 Å². The van der Waals surface area contributed by atoms with Crippen LogP contribution in [0.5, 0.6) is 17.2 Å². The molecule has 0 amide bonds. The van der Waals surface area contributed by atoms with Gasteiger partial charge in [-0.1, -0.05) is 0 Å². The summed E-state index contributed by atoms with van der Waals surface area (Å²) in [4.78, 5) is 4.87. The van der Waals surface area contributed by atoms with Crippen LogP contribution in [0.3, 0.4) is 0 Å². The number of hydrogen-bond donors (Lipinski definition) is 0. The highest BCUT2D eigenvalue weighted by atomic mass is 16.5. The summed E-state index contributed by atoms with van der Waals surface area (Å²) in [6.45, 7) is 8.41. The number of likely N-dealkylation sites (N-methyl/N-ethyl adjacent to an activating group) is 1. The zero-order valence-corrected chi connectivity index (χ0v) is 14.2. The molecule has 1 aromatic rings. The van der Waals surface area contributed by atoms with Gasteiger partial charge in [-0.3, -0.25) is 0 Å². The van der Waals surface area contributed by atoms with Crippen molar-refractivity contribution in [2.75, 3.05) is 60.6 Å². The zero-order valence-electron chi connectivity index (χ0n) is 14.2. The third kappa shape index (κ3) is 4.52. The molecule has 5 nitrogen and oxygen atoms in total. The van der Waals surface area contributed by atoms with Gasteiger partial charge in [0.1, 0.15) is 0 Å². The first-order valence-corrected chi connectivity index (χ1v) is 7.90. The molecule has 0 unspecified atom stereocenters. The Bertz CT molecular complexity index is 471. The summed E-state index contributed by atoms with van der Waals surface area (Å²) in [5.41, 5.74) is 1.10. The maximum atomic E-state index is 5.92. The summed E-state index contributed by atoms with van der Waals surface area (Å²) >= 11 is 0. The van der Waals surface area contributed by atoms with Crippen LogP contribution in [0.25, 0.3) is 0 Å². The normalized spacial score (nSPS) is 16.5. The van der Waals surface area contributed by atoms with E-state index in [1.54, 1.807) is 14.2 Å². The van der Waals surface area contributed by atoms with Gasteiger partial charge in [0, 0.05) is 32.7 Å². The summed E-state index contributed by atoms with van der Waals surface area (Å²) in [6.07, 6.45) is 1.02. The topological polar surface area (TPSA) is 34.2 Å². The molecule has 124 valence electrons. The predicted octanol–water partition coefficient (Wildman–Crippen LogP) is 2.03. The second-order valence-corrected chi connectivity index (χ2v) is 5.85. The van der Waals surface area contributed by atoms with Gasteiger partial charge in [0.25, 0.3) is 0 Å². The second-order valence-electron chi connectivity index (χ2n) is 5.85. The molecular weight excluding hydrogens is 280 g/mol. The van der Waals surface area contributed by atoms with E-state index >= 15 is 0 Å². The molecule has 0 aromatic heterocycles. The van der Waals surface area contributed by atoms with E-state index in [2.05, 4.69) is 16.8 Å². The molecule has 1 fully saturated rings. The number of benzene rings is 1. The lowest BCUT2D eigenvalue weighted by Gasteiger charge is -2.32. The third-order valence-electron chi connectivity index (χ3n) is 4.06. The Balaban J connectivity index is 1.82. The van der Waals surface area contributed by atoms with Gasteiger partial charge in [-0.2, -0.15) is 0 Å². The van der Waals surface area contributed by atoms with Gasteiger partial charge < -0.3 is 24.0 Å². The van der Waals surface area contributed by atoms with E-state index in [1.807, 2.05) is 19.1 Å². The molecule has 0 spiro atoms. The van der Waals surface area contributed by atoms with E-state index in [4.69, 9.17) is 14.2 Å². The maximum Gasteiger partial charge on any atom is 0.203 e. The Morgan fingerprint density at radius 2 is 1.68 bits per heavy atom. The number of nitrogens with zero attached hydrogens (tertiary/aromatic N) is 2. The number of piperazine rings is 1. The van der Waals surface area contributed by atoms with Crippen LogP contribution in [-0.4, -0.2) is 70.4 Å². The van der Waals surface area contributed by atoms with Gasteiger partial charge in [0.15, 0.2) is 11.5 Å². The Morgan fingerprint density at radius 3 is 2.32 bits per heavy atom. The summed E-state index contributed by atoms with van der Waals surface area (Å²) in [5.74, 6) is 2.15. The van der Waals surface area contributed by atoms with E-state index in [-0.39, 0.29) is 0 Å². The van der Waals surface area contributed by atoms with E-state index in [0.717, 1.165) is 56.2 Å². The molecule has 2 rings (SSSR count). The molecule has 1 saturated heterocycles. The van der Waals surface area contributed by atoms with Crippen molar-refractivity contribution < 1.29 is 14.2 Å². The number of ether oxygens (including phenoxy) is 3. The fourth-order valence-electron chi connectivity index (χ4n) is 2.71. The van der Waals surface area contributed by atoms with Gasteiger partial charge in [-0.05, 0) is 38.1 Å². The molecule has 0 aliphatic carbocycles. The fraction of sp³-hybridized carbons (Fsp3) is 0.647. The maximum absolute atomic E-state index is 5.92. The standard InChI is InChI=1S/C17H28N2O3/c1-14-12-15(20-3)17(21-4)16(13-14)22-11-5-6-19-9-7-18(2)8-10-19/h12-13H,5-11H2,1-4H3. The molecule has 1 heterocycles. The minimum atomic E-state index is 0.674. The van der Waals surface area contributed by atoms with Gasteiger partial charge in [-0.25, -0.2) is 0 Å². The smallest absolute Gasteiger partial charge is 0.203 e. The van der Waals surface area contributed by atoms with Gasteiger partial charge >= 0.3 is 0 Å². The van der Waals surface area contributed by atoms with Crippen molar-refractivity contribution in [2.24, 2.45) is 0 Å². The predicted molar refractivity (Wildman–Crippen MR) is 88.3 cm³/mol. The van der Waals surface area contributed by atoms with Crippen LogP contribution in [0.2, 0.25) is 0 Å². The van der Waals surface area contributed by atoms with Crippen molar-refractivity contribution in [3.63, 3.8) is 0 Å². The number of hydrogen-bond acceptors (Lipinski definition) is 5. The number of aryl methyl sites for hydroxylation is 1. The van der Waals surface area contributed by atoms with Gasteiger partial charge in [0.2, 0.25) is 5.75 Å². The Hall–Kier alpha value is -1.46. The Labute approximate surface area is 133 Å². The second kappa shape index (κ2) is 8.25. The van der Waals surface area contributed by atoms with Crippen LogP contribution in [0.4, 0.5) is 0 Å². The molecule has 0 saturated carbocycles.